The summed E-state index contributed by atoms with van der Waals surface area (Å²) in [5.41, 5.74) is -0.187. The molecule has 1 atom stereocenters. The summed E-state index contributed by atoms with van der Waals surface area (Å²) < 4.78 is 0. The van der Waals surface area contributed by atoms with Crippen LogP contribution in [-0.4, -0.2) is 34.5 Å². The number of benzene rings is 1. The molecule has 0 aliphatic heterocycles. The van der Waals surface area contributed by atoms with E-state index in [1.165, 1.54) is 18.2 Å². The van der Waals surface area contributed by atoms with E-state index >= 15 is 0 Å². The van der Waals surface area contributed by atoms with Gasteiger partial charge in [0.1, 0.15) is 6.04 Å². The van der Waals surface area contributed by atoms with Crippen molar-refractivity contribution in [1.82, 2.24) is 5.32 Å². The minimum absolute atomic E-state index is 0.0497. The van der Waals surface area contributed by atoms with E-state index in [1.54, 1.807) is 0 Å². The first kappa shape index (κ1) is 17.6. The Balaban J connectivity index is 2.79. The van der Waals surface area contributed by atoms with Gasteiger partial charge >= 0.3 is 5.97 Å². The van der Waals surface area contributed by atoms with Crippen LogP contribution < -0.4 is 10.6 Å². The number of carboxylic acid groups (broad SMARTS) is 1. The van der Waals surface area contributed by atoms with Crippen molar-refractivity contribution in [1.29, 1.82) is 0 Å². The lowest BCUT2D eigenvalue weighted by atomic mass is 10.2. The Bertz CT molecular complexity index is 605. The smallest absolute Gasteiger partial charge is 0.321 e. The van der Waals surface area contributed by atoms with Crippen molar-refractivity contribution in [2.75, 3.05) is 11.9 Å². The van der Waals surface area contributed by atoms with E-state index in [9.17, 15) is 19.7 Å². The topological polar surface area (TPSA) is 122 Å². The number of anilines is 1. The first-order chi connectivity index (χ1) is 10.3. The summed E-state index contributed by atoms with van der Waals surface area (Å²) in [6.45, 7) is 3.66. The van der Waals surface area contributed by atoms with E-state index in [1.807, 2.05) is 0 Å². The Labute approximate surface area is 130 Å². The van der Waals surface area contributed by atoms with Gasteiger partial charge in [0.05, 0.1) is 22.1 Å². The SMILES string of the molecule is C=CCN[C@@H](CC(=O)Nc1cc([N+](=O)[O-])ccc1Cl)C(=O)O. The van der Waals surface area contributed by atoms with Gasteiger partial charge in [0.15, 0.2) is 0 Å². The molecule has 0 saturated carbocycles. The third kappa shape index (κ3) is 5.15. The van der Waals surface area contributed by atoms with E-state index in [-0.39, 0.29) is 29.4 Å². The molecule has 0 aromatic heterocycles. The summed E-state index contributed by atoms with van der Waals surface area (Å²) in [5.74, 6) is -1.83. The molecular formula is C13H14ClN3O5. The standard InChI is InChI=1S/C13H14ClN3O5/c1-2-5-15-11(13(19)20)7-12(18)16-10-6-8(17(21)22)3-4-9(10)14/h2-4,6,11,15H,1,5,7H2,(H,16,18)(H,19,20)/t11-/m0/s1. The maximum atomic E-state index is 11.9. The third-order valence-electron chi connectivity index (χ3n) is 2.63. The summed E-state index contributed by atoms with van der Waals surface area (Å²) in [6, 6.07) is 2.48. The van der Waals surface area contributed by atoms with E-state index in [0.717, 1.165) is 6.07 Å². The molecule has 22 heavy (non-hydrogen) atoms. The zero-order valence-corrected chi connectivity index (χ0v) is 12.2. The minimum Gasteiger partial charge on any atom is -0.480 e. The number of hydrogen-bond donors (Lipinski definition) is 3. The van der Waals surface area contributed by atoms with Gasteiger partial charge in [0, 0.05) is 18.7 Å². The van der Waals surface area contributed by atoms with Crippen LogP contribution in [0, 0.1) is 10.1 Å². The molecule has 0 radical (unpaired) electrons. The molecule has 1 aromatic rings. The number of nitro benzene ring substituents is 1. The first-order valence-electron chi connectivity index (χ1n) is 6.16. The Morgan fingerprint density at radius 2 is 2.18 bits per heavy atom. The number of carbonyl (C=O) groups is 2. The van der Waals surface area contributed by atoms with Gasteiger partial charge in [-0.2, -0.15) is 0 Å². The number of nitro groups is 1. The maximum absolute atomic E-state index is 11.9. The van der Waals surface area contributed by atoms with Crippen LogP contribution in [0.1, 0.15) is 6.42 Å². The number of amides is 1. The molecule has 1 amide bonds. The Hall–Kier alpha value is -2.45. The second-order valence-corrected chi connectivity index (χ2v) is 4.67. The molecule has 8 nitrogen and oxygen atoms in total. The molecule has 1 aromatic carbocycles. The average molecular weight is 328 g/mol. The highest BCUT2D eigenvalue weighted by Crippen LogP contribution is 2.26. The van der Waals surface area contributed by atoms with Gasteiger partial charge in [-0.1, -0.05) is 17.7 Å². The summed E-state index contributed by atoms with van der Waals surface area (Å²) in [5, 5.41) is 24.8. The Morgan fingerprint density at radius 3 is 2.73 bits per heavy atom. The van der Waals surface area contributed by atoms with Crippen LogP contribution in [0.3, 0.4) is 0 Å². The van der Waals surface area contributed by atoms with E-state index < -0.39 is 22.8 Å². The maximum Gasteiger partial charge on any atom is 0.321 e. The van der Waals surface area contributed by atoms with Gasteiger partial charge in [0.25, 0.3) is 5.69 Å². The fourth-order valence-electron chi connectivity index (χ4n) is 1.58. The molecule has 9 heteroatoms. The van der Waals surface area contributed by atoms with Crippen LogP contribution in [0.2, 0.25) is 5.02 Å². The fourth-order valence-corrected chi connectivity index (χ4v) is 1.75. The van der Waals surface area contributed by atoms with Crippen LogP contribution in [-0.2, 0) is 9.59 Å². The predicted octanol–water partition coefficient (Wildman–Crippen LogP) is 1.81. The highest BCUT2D eigenvalue weighted by molar-refractivity contribution is 6.33. The molecule has 0 unspecified atom stereocenters. The Morgan fingerprint density at radius 1 is 1.50 bits per heavy atom. The van der Waals surface area contributed by atoms with Crippen molar-refractivity contribution >= 4 is 34.9 Å². The van der Waals surface area contributed by atoms with Gasteiger partial charge in [-0.3, -0.25) is 19.7 Å². The largest absolute Gasteiger partial charge is 0.480 e. The zero-order valence-electron chi connectivity index (χ0n) is 11.4. The van der Waals surface area contributed by atoms with Gasteiger partial charge in [-0.15, -0.1) is 6.58 Å². The normalized spacial score (nSPS) is 11.5. The number of hydrogen-bond acceptors (Lipinski definition) is 5. The number of non-ortho nitro benzene ring substituents is 1. The van der Waals surface area contributed by atoms with Gasteiger partial charge < -0.3 is 15.7 Å². The third-order valence-corrected chi connectivity index (χ3v) is 2.96. The molecule has 0 fully saturated rings. The van der Waals surface area contributed by atoms with Crippen LogP contribution in [0.4, 0.5) is 11.4 Å². The monoisotopic (exact) mass is 327 g/mol. The molecule has 0 aliphatic rings. The lowest BCUT2D eigenvalue weighted by molar-refractivity contribution is -0.384. The minimum atomic E-state index is -1.19. The highest BCUT2D eigenvalue weighted by Gasteiger charge is 2.21. The lowest BCUT2D eigenvalue weighted by Crippen LogP contribution is -2.39. The van der Waals surface area contributed by atoms with Gasteiger partial charge in [-0.25, -0.2) is 0 Å². The number of nitrogens with zero attached hydrogens (tertiary/aromatic N) is 1. The van der Waals surface area contributed by atoms with Crippen LogP contribution in [0.15, 0.2) is 30.9 Å². The quantitative estimate of drug-likeness (QED) is 0.380. The summed E-state index contributed by atoms with van der Waals surface area (Å²) >= 11 is 5.85. The summed E-state index contributed by atoms with van der Waals surface area (Å²) in [6.07, 6.45) is 1.10. The number of carbonyl (C=O) groups excluding carboxylic acids is 1. The highest BCUT2D eigenvalue weighted by atomic mass is 35.5. The predicted molar refractivity (Wildman–Crippen MR) is 81.0 cm³/mol. The fraction of sp³-hybridized carbons (Fsp3) is 0.231. The van der Waals surface area contributed by atoms with Crippen LogP contribution >= 0.6 is 11.6 Å². The van der Waals surface area contributed by atoms with Crippen LogP contribution in [0.25, 0.3) is 0 Å². The number of carboxylic acids is 1. The summed E-state index contributed by atoms with van der Waals surface area (Å²) in [7, 11) is 0. The molecule has 0 saturated heterocycles. The summed E-state index contributed by atoms with van der Waals surface area (Å²) in [4.78, 5) is 32.9. The van der Waals surface area contributed by atoms with Gasteiger partial charge in [-0.05, 0) is 6.07 Å². The molecule has 0 aliphatic carbocycles. The molecular weight excluding hydrogens is 314 g/mol. The van der Waals surface area contributed by atoms with Crippen molar-refractivity contribution < 1.29 is 19.6 Å². The van der Waals surface area contributed by atoms with Gasteiger partial charge in [0.2, 0.25) is 5.91 Å². The molecule has 0 spiro atoms. The zero-order chi connectivity index (χ0) is 16.7. The molecule has 3 N–H and O–H groups in total. The molecule has 0 bridgehead atoms. The number of aliphatic carboxylic acids is 1. The first-order valence-corrected chi connectivity index (χ1v) is 6.53. The second kappa shape index (κ2) is 8.11. The number of halogens is 1. The van der Waals surface area contributed by atoms with Crippen LogP contribution in [0.5, 0.6) is 0 Å². The number of rotatable bonds is 8. The Kier molecular flexibility index (Phi) is 6.48. The molecule has 0 heterocycles. The van der Waals surface area contributed by atoms with E-state index in [2.05, 4.69) is 17.2 Å². The van der Waals surface area contributed by atoms with E-state index in [4.69, 9.17) is 16.7 Å². The van der Waals surface area contributed by atoms with E-state index in [0.29, 0.717) is 0 Å². The second-order valence-electron chi connectivity index (χ2n) is 4.26. The number of nitrogens with one attached hydrogen (secondary N) is 2. The van der Waals surface area contributed by atoms with Crippen molar-refractivity contribution in [2.45, 2.75) is 12.5 Å². The van der Waals surface area contributed by atoms with Crippen molar-refractivity contribution in [3.63, 3.8) is 0 Å². The lowest BCUT2D eigenvalue weighted by Gasteiger charge is -2.13. The molecule has 1 rings (SSSR count). The average Bonchev–Trinajstić information content (AvgIpc) is 2.45. The van der Waals surface area contributed by atoms with Crippen molar-refractivity contribution in [3.8, 4) is 0 Å². The van der Waals surface area contributed by atoms with Crippen molar-refractivity contribution in [2.24, 2.45) is 0 Å². The van der Waals surface area contributed by atoms with Crippen molar-refractivity contribution in [3.05, 3.63) is 46.0 Å². The molecule has 118 valence electrons.